The number of halogens is 1. The van der Waals surface area contributed by atoms with Crippen molar-refractivity contribution < 1.29 is 14.3 Å². The third kappa shape index (κ3) is 3.13. The predicted molar refractivity (Wildman–Crippen MR) is 65.8 cm³/mol. The Hall–Kier alpha value is -1.23. The van der Waals surface area contributed by atoms with Crippen molar-refractivity contribution in [3.63, 3.8) is 0 Å². The van der Waals surface area contributed by atoms with E-state index in [2.05, 4.69) is 26.0 Å². The van der Waals surface area contributed by atoms with Gasteiger partial charge in [-0.25, -0.2) is 4.79 Å². The van der Waals surface area contributed by atoms with E-state index in [-0.39, 0.29) is 5.97 Å². The summed E-state index contributed by atoms with van der Waals surface area (Å²) in [5, 5.41) is 3.03. The standard InChI is InChI=1S/C11H14BrNO3/c1-7(11(14)16-3)13-10-6-8(15-2)4-5-9(10)12/h4-7,13H,1-3H3. The summed E-state index contributed by atoms with van der Waals surface area (Å²) in [6.07, 6.45) is 0. The summed E-state index contributed by atoms with van der Waals surface area (Å²) < 4.78 is 10.6. The number of carbonyl (C=O) groups excluding carboxylic acids is 1. The second-order valence-electron chi connectivity index (χ2n) is 3.23. The number of anilines is 1. The molecule has 0 spiro atoms. The highest BCUT2D eigenvalue weighted by atomic mass is 79.9. The quantitative estimate of drug-likeness (QED) is 0.864. The smallest absolute Gasteiger partial charge is 0.327 e. The van der Waals surface area contributed by atoms with Crippen LogP contribution in [0.15, 0.2) is 22.7 Å². The molecule has 1 rings (SSSR count). The number of esters is 1. The summed E-state index contributed by atoms with van der Waals surface area (Å²) in [4.78, 5) is 11.3. The molecule has 0 aliphatic rings. The van der Waals surface area contributed by atoms with E-state index in [1.54, 1.807) is 14.0 Å². The lowest BCUT2D eigenvalue weighted by atomic mass is 10.2. The molecule has 1 atom stereocenters. The maximum absolute atomic E-state index is 11.3. The molecule has 0 amide bonds. The zero-order valence-electron chi connectivity index (χ0n) is 9.41. The minimum atomic E-state index is -0.409. The highest BCUT2D eigenvalue weighted by Crippen LogP contribution is 2.27. The lowest BCUT2D eigenvalue weighted by Crippen LogP contribution is -2.27. The summed E-state index contributed by atoms with van der Waals surface area (Å²) in [6.45, 7) is 1.73. The maximum atomic E-state index is 11.3. The molecule has 0 aliphatic carbocycles. The largest absolute Gasteiger partial charge is 0.497 e. The van der Waals surface area contributed by atoms with Crippen LogP contribution in [-0.2, 0) is 9.53 Å². The first-order chi connectivity index (χ1) is 7.58. The first kappa shape index (κ1) is 12.8. The third-order valence-electron chi connectivity index (χ3n) is 2.10. The van der Waals surface area contributed by atoms with Gasteiger partial charge in [-0.1, -0.05) is 0 Å². The average Bonchev–Trinajstić information content (AvgIpc) is 2.30. The molecule has 4 nitrogen and oxygen atoms in total. The fraction of sp³-hybridized carbons (Fsp3) is 0.364. The van der Waals surface area contributed by atoms with Crippen LogP contribution < -0.4 is 10.1 Å². The Kier molecular flexibility index (Phi) is 4.61. The van der Waals surface area contributed by atoms with Gasteiger partial charge >= 0.3 is 5.97 Å². The van der Waals surface area contributed by atoms with Crippen LogP contribution >= 0.6 is 15.9 Å². The van der Waals surface area contributed by atoms with Gasteiger partial charge in [0.15, 0.2) is 0 Å². The number of carbonyl (C=O) groups is 1. The molecule has 0 saturated heterocycles. The van der Waals surface area contributed by atoms with Gasteiger partial charge in [-0.15, -0.1) is 0 Å². The lowest BCUT2D eigenvalue weighted by molar-refractivity contribution is -0.141. The Morgan fingerprint density at radius 2 is 2.12 bits per heavy atom. The van der Waals surface area contributed by atoms with E-state index in [0.717, 1.165) is 15.9 Å². The van der Waals surface area contributed by atoms with Crippen molar-refractivity contribution in [2.24, 2.45) is 0 Å². The van der Waals surface area contributed by atoms with E-state index in [4.69, 9.17) is 4.74 Å². The van der Waals surface area contributed by atoms with Gasteiger partial charge in [-0.05, 0) is 35.0 Å². The Balaban J connectivity index is 2.83. The summed E-state index contributed by atoms with van der Waals surface area (Å²) in [7, 11) is 2.96. The Labute approximate surface area is 103 Å². The van der Waals surface area contributed by atoms with Crippen LogP contribution in [0.25, 0.3) is 0 Å². The minimum Gasteiger partial charge on any atom is -0.497 e. The van der Waals surface area contributed by atoms with E-state index in [1.165, 1.54) is 7.11 Å². The van der Waals surface area contributed by atoms with Crippen molar-refractivity contribution in [3.8, 4) is 5.75 Å². The number of rotatable bonds is 4. The van der Waals surface area contributed by atoms with Crippen LogP contribution in [0, 0.1) is 0 Å². The number of hydrogen-bond donors (Lipinski definition) is 1. The second-order valence-corrected chi connectivity index (χ2v) is 4.09. The van der Waals surface area contributed by atoms with Gasteiger partial charge < -0.3 is 14.8 Å². The lowest BCUT2D eigenvalue weighted by Gasteiger charge is -2.15. The Morgan fingerprint density at radius 1 is 1.44 bits per heavy atom. The molecule has 0 fully saturated rings. The average molecular weight is 288 g/mol. The van der Waals surface area contributed by atoms with Gasteiger partial charge in [0.05, 0.1) is 19.9 Å². The summed E-state index contributed by atoms with van der Waals surface area (Å²) >= 11 is 3.39. The number of hydrogen-bond acceptors (Lipinski definition) is 4. The zero-order chi connectivity index (χ0) is 12.1. The first-order valence-electron chi connectivity index (χ1n) is 4.76. The number of ether oxygens (including phenoxy) is 2. The highest BCUT2D eigenvalue weighted by molar-refractivity contribution is 9.10. The number of benzene rings is 1. The molecule has 88 valence electrons. The molecule has 0 radical (unpaired) electrons. The molecule has 0 bridgehead atoms. The minimum absolute atomic E-state index is 0.310. The van der Waals surface area contributed by atoms with Crippen molar-refractivity contribution in [2.45, 2.75) is 13.0 Å². The fourth-order valence-corrected chi connectivity index (χ4v) is 1.57. The molecule has 0 aliphatic heterocycles. The van der Waals surface area contributed by atoms with Crippen LogP contribution in [-0.4, -0.2) is 26.2 Å². The summed E-state index contributed by atoms with van der Waals surface area (Å²) in [6, 6.07) is 5.08. The van der Waals surface area contributed by atoms with Crippen molar-refractivity contribution in [1.82, 2.24) is 0 Å². The van der Waals surface area contributed by atoms with Crippen molar-refractivity contribution >= 4 is 27.6 Å². The zero-order valence-corrected chi connectivity index (χ0v) is 11.0. The molecule has 1 aromatic carbocycles. The highest BCUT2D eigenvalue weighted by Gasteiger charge is 2.14. The predicted octanol–water partition coefficient (Wildman–Crippen LogP) is 2.43. The van der Waals surface area contributed by atoms with Crippen LogP contribution in [0.4, 0.5) is 5.69 Å². The van der Waals surface area contributed by atoms with Gasteiger partial charge in [0.25, 0.3) is 0 Å². The van der Waals surface area contributed by atoms with E-state index >= 15 is 0 Å². The van der Waals surface area contributed by atoms with Gasteiger partial charge in [-0.3, -0.25) is 0 Å². The van der Waals surface area contributed by atoms with E-state index in [1.807, 2.05) is 18.2 Å². The van der Waals surface area contributed by atoms with E-state index in [9.17, 15) is 4.79 Å². The monoisotopic (exact) mass is 287 g/mol. The fourth-order valence-electron chi connectivity index (χ4n) is 1.21. The molecular formula is C11H14BrNO3. The second kappa shape index (κ2) is 5.75. The molecule has 1 unspecified atom stereocenters. The maximum Gasteiger partial charge on any atom is 0.327 e. The van der Waals surface area contributed by atoms with Gasteiger partial charge in [0.1, 0.15) is 11.8 Å². The van der Waals surface area contributed by atoms with Gasteiger partial charge in [0, 0.05) is 10.5 Å². The van der Waals surface area contributed by atoms with E-state index in [0.29, 0.717) is 0 Å². The van der Waals surface area contributed by atoms with Gasteiger partial charge in [0.2, 0.25) is 0 Å². The van der Waals surface area contributed by atoms with Crippen LogP contribution in [0.5, 0.6) is 5.75 Å². The molecular weight excluding hydrogens is 274 g/mol. The number of nitrogens with one attached hydrogen (secondary N) is 1. The van der Waals surface area contributed by atoms with Crippen LogP contribution in [0.2, 0.25) is 0 Å². The summed E-state index contributed by atoms with van der Waals surface area (Å²) in [5.41, 5.74) is 0.789. The van der Waals surface area contributed by atoms with Crippen LogP contribution in [0.3, 0.4) is 0 Å². The normalized spacial score (nSPS) is 11.8. The molecule has 16 heavy (non-hydrogen) atoms. The summed E-state index contributed by atoms with van der Waals surface area (Å²) in [5.74, 6) is 0.414. The number of methoxy groups -OCH3 is 2. The Morgan fingerprint density at radius 3 is 2.69 bits per heavy atom. The molecule has 1 N–H and O–H groups in total. The topological polar surface area (TPSA) is 47.6 Å². The Bertz CT molecular complexity index is 381. The molecule has 0 heterocycles. The molecule has 5 heteroatoms. The molecule has 0 aromatic heterocycles. The van der Waals surface area contributed by atoms with Crippen molar-refractivity contribution in [1.29, 1.82) is 0 Å². The molecule has 0 saturated carbocycles. The SMILES string of the molecule is COC(=O)C(C)Nc1cc(OC)ccc1Br. The third-order valence-corrected chi connectivity index (χ3v) is 2.79. The van der Waals surface area contributed by atoms with Gasteiger partial charge in [-0.2, -0.15) is 0 Å². The van der Waals surface area contributed by atoms with Crippen LogP contribution in [0.1, 0.15) is 6.92 Å². The van der Waals surface area contributed by atoms with Crippen molar-refractivity contribution in [3.05, 3.63) is 22.7 Å². The molecule has 1 aromatic rings. The van der Waals surface area contributed by atoms with E-state index < -0.39 is 6.04 Å². The first-order valence-corrected chi connectivity index (χ1v) is 5.55. The van der Waals surface area contributed by atoms with Crippen molar-refractivity contribution in [2.75, 3.05) is 19.5 Å².